The number of amides is 1. The summed E-state index contributed by atoms with van der Waals surface area (Å²) in [4.78, 5) is 16.6. The number of pyridine rings is 1. The summed E-state index contributed by atoms with van der Waals surface area (Å²) in [5.41, 5.74) is 0.333. The van der Waals surface area contributed by atoms with Crippen molar-refractivity contribution in [3.05, 3.63) is 34.2 Å². The fourth-order valence-corrected chi connectivity index (χ4v) is 5.43. The van der Waals surface area contributed by atoms with Crippen molar-refractivity contribution < 1.29 is 13.2 Å². The molecule has 8 nitrogen and oxygen atoms in total. The Morgan fingerprint density at radius 1 is 1.33 bits per heavy atom. The Kier molecular flexibility index (Phi) is 5.76. The molecule has 0 aliphatic carbocycles. The number of aromatic nitrogens is 3. The van der Waals surface area contributed by atoms with E-state index in [-0.39, 0.29) is 22.5 Å². The van der Waals surface area contributed by atoms with Crippen molar-refractivity contribution in [2.45, 2.75) is 24.7 Å². The largest absolute Gasteiger partial charge is 0.310 e. The van der Waals surface area contributed by atoms with Gasteiger partial charge < -0.3 is 5.32 Å². The van der Waals surface area contributed by atoms with E-state index in [1.807, 2.05) is 0 Å². The fraction of sp³-hybridized carbons (Fsp3) is 0.438. The van der Waals surface area contributed by atoms with Crippen LogP contribution in [0, 0.1) is 12.8 Å². The molecule has 1 aliphatic heterocycles. The lowest BCUT2D eigenvalue weighted by Gasteiger charge is -2.31. The van der Waals surface area contributed by atoms with Crippen LogP contribution in [0.3, 0.4) is 0 Å². The second kappa shape index (κ2) is 7.75. The molecular formula is C16H19Cl2N5O3S. The topological polar surface area (TPSA) is 97.2 Å². The van der Waals surface area contributed by atoms with Gasteiger partial charge in [-0.2, -0.15) is 9.40 Å². The van der Waals surface area contributed by atoms with E-state index in [1.165, 1.54) is 15.2 Å². The first-order valence-electron chi connectivity index (χ1n) is 8.32. The second-order valence-corrected chi connectivity index (χ2v) is 9.05. The van der Waals surface area contributed by atoms with Crippen LogP contribution in [0.15, 0.2) is 23.2 Å². The van der Waals surface area contributed by atoms with Gasteiger partial charge in [0, 0.05) is 26.3 Å². The van der Waals surface area contributed by atoms with Gasteiger partial charge in [0.05, 0.1) is 16.6 Å². The number of halogens is 2. The van der Waals surface area contributed by atoms with Crippen molar-refractivity contribution in [2.75, 3.05) is 18.4 Å². The highest BCUT2D eigenvalue weighted by Crippen LogP contribution is 2.30. The maximum atomic E-state index is 13.0. The molecule has 3 heterocycles. The van der Waals surface area contributed by atoms with Crippen LogP contribution >= 0.6 is 23.2 Å². The maximum Gasteiger partial charge on any atom is 0.248 e. The number of carbonyl (C=O) groups is 1. The Morgan fingerprint density at radius 2 is 2.07 bits per heavy atom. The lowest BCUT2D eigenvalue weighted by molar-refractivity contribution is -0.120. The number of nitrogens with one attached hydrogen (secondary N) is 1. The Hall–Kier alpha value is -1.68. The zero-order valence-corrected chi connectivity index (χ0v) is 17.1. The normalized spacial score (nSPS) is 18.4. The van der Waals surface area contributed by atoms with Crippen molar-refractivity contribution >= 4 is 45.0 Å². The second-order valence-electron chi connectivity index (χ2n) is 6.38. The van der Waals surface area contributed by atoms with Crippen LogP contribution in [0.5, 0.6) is 0 Å². The highest BCUT2D eigenvalue weighted by molar-refractivity contribution is 7.89. The molecule has 1 atom stereocenters. The lowest BCUT2D eigenvalue weighted by Crippen LogP contribution is -2.43. The minimum atomic E-state index is -3.84. The SMILES string of the molecule is Cc1nn(C)c(Cl)c1S(=O)(=O)N1CCCC(C(=O)Nc2ccc(Cl)cn2)C1. The summed E-state index contributed by atoms with van der Waals surface area (Å²) in [5, 5.41) is 7.30. The van der Waals surface area contributed by atoms with Crippen LogP contribution in [-0.4, -0.2) is 46.5 Å². The van der Waals surface area contributed by atoms with E-state index in [9.17, 15) is 13.2 Å². The molecule has 146 valence electrons. The molecule has 0 aromatic carbocycles. The number of anilines is 1. The first kappa shape index (κ1) is 20.1. The summed E-state index contributed by atoms with van der Waals surface area (Å²) in [6.45, 7) is 2.00. The van der Waals surface area contributed by atoms with Crippen molar-refractivity contribution in [1.82, 2.24) is 19.1 Å². The molecule has 0 saturated carbocycles. The Labute approximate surface area is 167 Å². The van der Waals surface area contributed by atoms with Crippen molar-refractivity contribution in [3.63, 3.8) is 0 Å². The van der Waals surface area contributed by atoms with Crippen LogP contribution in [0.2, 0.25) is 10.2 Å². The van der Waals surface area contributed by atoms with Crippen LogP contribution in [-0.2, 0) is 21.9 Å². The molecule has 1 N–H and O–H groups in total. The Bertz CT molecular complexity index is 959. The average Bonchev–Trinajstić information content (AvgIpc) is 2.89. The number of piperidine rings is 1. The molecule has 1 fully saturated rings. The third-order valence-electron chi connectivity index (χ3n) is 4.43. The van der Waals surface area contributed by atoms with Crippen LogP contribution in [0.4, 0.5) is 5.82 Å². The number of sulfonamides is 1. The first-order chi connectivity index (χ1) is 12.7. The van der Waals surface area contributed by atoms with Gasteiger partial charge >= 0.3 is 0 Å². The van der Waals surface area contributed by atoms with Crippen molar-refractivity contribution in [1.29, 1.82) is 0 Å². The number of carbonyl (C=O) groups excluding carboxylic acids is 1. The Morgan fingerprint density at radius 3 is 2.67 bits per heavy atom. The molecular weight excluding hydrogens is 413 g/mol. The number of hydrogen-bond donors (Lipinski definition) is 1. The van der Waals surface area contributed by atoms with Gasteiger partial charge in [-0.1, -0.05) is 23.2 Å². The summed E-state index contributed by atoms with van der Waals surface area (Å²) in [7, 11) is -2.26. The molecule has 11 heteroatoms. The molecule has 27 heavy (non-hydrogen) atoms. The smallest absolute Gasteiger partial charge is 0.248 e. The molecule has 1 aliphatic rings. The highest BCUT2D eigenvalue weighted by atomic mass is 35.5. The van der Waals surface area contributed by atoms with Gasteiger partial charge in [0.1, 0.15) is 15.9 Å². The zero-order chi connectivity index (χ0) is 19.8. The fourth-order valence-electron chi connectivity index (χ4n) is 3.09. The summed E-state index contributed by atoms with van der Waals surface area (Å²) >= 11 is 11.9. The number of rotatable bonds is 4. The van der Waals surface area contributed by atoms with Gasteiger partial charge in [0.2, 0.25) is 15.9 Å². The van der Waals surface area contributed by atoms with E-state index < -0.39 is 15.9 Å². The van der Waals surface area contributed by atoms with Gasteiger partial charge in [-0.25, -0.2) is 13.4 Å². The maximum absolute atomic E-state index is 13.0. The quantitative estimate of drug-likeness (QED) is 0.801. The van der Waals surface area contributed by atoms with Crippen LogP contribution < -0.4 is 5.32 Å². The monoisotopic (exact) mass is 431 g/mol. The van der Waals surface area contributed by atoms with Crippen LogP contribution in [0.1, 0.15) is 18.5 Å². The third kappa shape index (κ3) is 4.11. The molecule has 1 unspecified atom stereocenters. The predicted molar refractivity (Wildman–Crippen MR) is 102 cm³/mol. The number of hydrogen-bond acceptors (Lipinski definition) is 5. The summed E-state index contributed by atoms with van der Waals surface area (Å²) < 4.78 is 28.7. The van der Waals surface area contributed by atoms with Crippen LogP contribution in [0.25, 0.3) is 0 Å². The van der Waals surface area contributed by atoms with E-state index in [0.29, 0.717) is 35.9 Å². The van der Waals surface area contributed by atoms with Gasteiger partial charge in [-0.15, -0.1) is 0 Å². The molecule has 0 spiro atoms. The zero-order valence-electron chi connectivity index (χ0n) is 14.8. The first-order valence-corrected chi connectivity index (χ1v) is 10.5. The van der Waals surface area contributed by atoms with Crippen molar-refractivity contribution in [2.24, 2.45) is 13.0 Å². The average molecular weight is 432 g/mol. The molecule has 1 saturated heterocycles. The predicted octanol–water partition coefficient (Wildman–Crippen LogP) is 2.47. The van der Waals surface area contributed by atoms with E-state index in [4.69, 9.17) is 23.2 Å². The molecule has 2 aromatic heterocycles. The van der Waals surface area contributed by atoms with E-state index in [2.05, 4.69) is 15.4 Å². The Balaban J connectivity index is 1.77. The third-order valence-corrected chi connectivity index (χ3v) is 7.22. The highest BCUT2D eigenvalue weighted by Gasteiger charge is 2.36. The minimum absolute atomic E-state index is 0.00732. The van der Waals surface area contributed by atoms with Gasteiger partial charge in [0.15, 0.2) is 0 Å². The molecule has 2 aromatic rings. The standard InChI is InChI=1S/C16H19Cl2N5O3S/c1-10-14(15(18)22(2)21-10)27(25,26)23-7-3-4-11(9-23)16(24)20-13-6-5-12(17)8-19-13/h5-6,8,11H,3-4,7,9H2,1-2H3,(H,19,20,24). The number of nitrogens with zero attached hydrogens (tertiary/aromatic N) is 4. The summed E-state index contributed by atoms with van der Waals surface area (Å²) in [6.07, 6.45) is 2.59. The van der Waals surface area contributed by atoms with E-state index in [1.54, 1.807) is 26.1 Å². The van der Waals surface area contributed by atoms with Gasteiger partial charge in [0.25, 0.3) is 0 Å². The lowest BCUT2D eigenvalue weighted by atomic mass is 9.99. The molecule has 3 rings (SSSR count). The van der Waals surface area contributed by atoms with E-state index >= 15 is 0 Å². The minimum Gasteiger partial charge on any atom is -0.310 e. The van der Waals surface area contributed by atoms with Crippen molar-refractivity contribution in [3.8, 4) is 0 Å². The van der Waals surface area contributed by atoms with Gasteiger partial charge in [-0.3, -0.25) is 9.48 Å². The summed E-state index contributed by atoms with van der Waals surface area (Å²) in [6, 6.07) is 3.21. The molecule has 0 radical (unpaired) electrons. The van der Waals surface area contributed by atoms with Gasteiger partial charge in [-0.05, 0) is 31.9 Å². The summed E-state index contributed by atoms with van der Waals surface area (Å²) in [5.74, 6) is -0.393. The number of aryl methyl sites for hydroxylation is 2. The van der Waals surface area contributed by atoms with E-state index in [0.717, 1.165) is 0 Å². The molecule has 1 amide bonds. The molecule has 0 bridgehead atoms.